The molecule has 0 aliphatic carbocycles. The maximum absolute atomic E-state index is 13.5. The topological polar surface area (TPSA) is 86.5 Å². The Bertz CT molecular complexity index is 581. The third-order valence-corrected chi connectivity index (χ3v) is 2.90. The maximum atomic E-state index is 13.5. The molecule has 1 aromatic rings. The maximum Gasteiger partial charge on any atom is 0.330 e. The molecule has 2 N–H and O–H groups in total. The number of hydrogen-bond acceptors (Lipinski definition) is 4. The second-order valence-electron chi connectivity index (χ2n) is 3.31. The zero-order valence-electron chi connectivity index (χ0n) is 9.59. The van der Waals surface area contributed by atoms with Crippen LogP contribution in [0.3, 0.4) is 0 Å². The van der Waals surface area contributed by atoms with Crippen LogP contribution in [0.4, 0.5) is 4.39 Å². The fourth-order valence-corrected chi connectivity index (χ4v) is 1.69. The molecule has 7 heteroatoms. The minimum absolute atomic E-state index is 0.0652. The van der Waals surface area contributed by atoms with Crippen molar-refractivity contribution >= 4 is 22.1 Å². The molecule has 0 aliphatic rings. The molecule has 1 aromatic carbocycles. The summed E-state index contributed by atoms with van der Waals surface area (Å²) in [4.78, 5) is 10.7. The first-order chi connectivity index (χ1) is 8.34. The molecule has 5 nitrogen and oxygen atoms in total. The summed E-state index contributed by atoms with van der Waals surface area (Å²) in [5.74, 6) is -1.39. The molecule has 0 bridgehead atoms. The van der Waals surface area contributed by atoms with Crippen LogP contribution in [0, 0.1) is 5.82 Å². The number of benzene rings is 1. The zero-order chi connectivity index (χ0) is 13.8. The van der Waals surface area contributed by atoms with Crippen LogP contribution >= 0.6 is 0 Å². The summed E-state index contributed by atoms with van der Waals surface area (Å²) in [6.45, 7) is 1.86. The third kappa shape index (κ3) is 3.94. The van der Waals surface area contributed by atoms with E-state index in [1.807, 2.05) is 0 Å². The summed E-state index contributed by atoms with van der Waals surface area (Å²) in [5, 5.41) is 4.85. The standard InChI is InChI=1S/C11H12FNO4S/c1-2-17-11(14)6-4-8-3-5-9(7-10(8)12)18(13,15)16/h3-7H,2H2,1H3,(H2,13,15,16). The Hall–Kier alpha value is -1.73. The van der Waals surface area contributed by atoms with Crippen molar-refractivity contribution in [1.29, 1.82) is 0 Å². The van der Waals surface area contributed by atoms with Crippen LogP contribution in [0.5, 0.6) is 0 Å². The molecule has 0 aromatic heterocycles. The van der Waals surface area contributed by atoms with Gasteiger partial charge in [-0.15, -0.1) is 0 Å². The van der Waals surface area contributed by atoms with Crippen LogP contribution in [-0.4, -0.2) is 21.0 Å². The van der Waals surface area contributed by atoms with Crippen LogP contribution in [0.1, 0.15) is 12.5 Å². The summed E-state index contributed by atoms with van der Waals surface area (Å²) < 4.78 is 40.0. The van der Waals surface area contributed by atoms with Gasteiger partial charge in [-0.05, 0) is 25.1 Å². The van der Waals surface area contributed by atoms with Crippen molar-refractivity contribution in [3.05, 3.63) is 35.7 Å². The van der Waals surface area contributed by atoms with Gasteiger partial charge in [-0.1, -0.05) is 6.07 Å². The first kappa shape index (κ1) is 14.3. The van der Waals surface area contributed by atoms with Gasteiger partial charge in [-0.3, -0.25) is 0 Å². The molecule has 18 heavy (non-hydrogen) atoms. The van der Waals surface area contributed by atoms with Crippen molar-refractivity contribution in [1.82, 2.24) is 0 Å². The molecule has 0 spiro atoms. The zero-order valence-corrected chi connectivity index (χ0v) is 10.4. The molecule has 0 heterocycles. The lowest BCUT2D eigenvalue weighted by Crippen LogP contribution is -2.12. The van der Waals surface area contributed by atoms with Crippen LogP contribution in [0.2, 0.25) is 0 Å². The van der Waals surface area contributed by atoms with Gasteiger partial charge in [-0.2, -0.15) is 0 Å². The predicted molar refractivity (Wildman–Crippen MR) is 63.4 cm³/mol. The SMILES string of the molecule is CCOC(=O)C=Cc1ccc(S(N)(=O)=O)cc1F. The van der Waals surface area contributed by atoms with Gasteiger partial charge in [-0.25, -0.2) is 22.7 Å². The van der Waals surface area contributed by atoms with E-state index in [-0.39, 0.29) is 17.1 Å². The molecule has 0 fully saturated rings. The minimum Gasteiger partial charge on any atom is -0.463 e. The number of ether oxygens (including phenoxy) is 1. The lowest BCUT2D eigenvalue weighted by atomic mass is 10.2. The van der Waals surface area contributed by atoms with Gasteiger partial charge >= 0.3 is 5.97 Å². The summed E-state index contributed by atoms with van der Waals surface area (Å²) in [5.41, 5.74) is 0.0652. The van der Waals surface area contributed by atoms with Crippen molar-refractivity contribution < 1.29 is 22.3 Å². The van der Waals surface area contributed by atoms with Crippen molar-refractivity contribution in [2.45, 2.75) is 11.8 Å². The summed E-state index contributed by atoms with van der Waals surface area (Å²) in [7, 11) is -3.94. The van der Waals surface area contributed by atoms with E-state index in [4.69, 9.17) is 5.14 Å². The number of halogens is 1. The van der Waals surface area contributed by atoms with E-state index in [0.717, 1.165) is 18.2 Å². The number of carbonyl (C=O) groups excluding carboxylic acids is 1. The molecule has 0 saturated heterocycles. The van der Waals surface area contributed by atoms with E-state index in [1.54, 1.807) is 6.92 Å². The molecule has 0 radical (unpaired) electrons. The molecular formula is C11H12FNO4S. The summed E-state index contributed by atoms with van der Waals surface area (Å²) in [6.07, 6.45) is 2.25. The molecule has 0 amide bonds. The Morgan fingerprint density at radius 1 is 1.50 bits per heavy atom. The Kier molecular flexibility index (Phi) is 4.57. The second kappa shape index (κ2) is 5.74. The van der Waals surface area contributed by atoms with E-state index in [1.165, 1.54) is 12.1 Å². The normalized spacial score (nSPS) is 11.7. The van der Waals surface area contributed by atoms with Gasteiger partial charge < -0.3 is 4.74 Å². The predicted octanol–water partition coefficient (Wildman–Crippen LogP) is 1.05. The number of esters is 1. The number of hydrogen-bond donors (Lipinski definition) is 1. The van der Waals surface area contributed by atoms with Crippen LogP contribution < -0.4 is 5.14 Å². The average molecular weight is 273 g/mol. The van der Waals surface area contributed by atoms with Gasteiger partial charge in [0.25, 0.3) is 0 Å². The molecule has 0 aliphatic heterocycles. The molecule has 0 unspecified atom stereocenters. The van der Waals surface area contributed by atoms with Crippen LogP contribution in [0.15, 0.2) is 29.2 Å². The van der Waals surface area contributed by atoms with Gasteiger partial charge in [0.1, 0.15) is 5.82 Å². The monoisotopic (exact) mass is 273 g/mol. The number of nitrogens with two attached hydrogens (primary N) is 1. The molecule has 0 saturated carbocycles. The fourth-order valence-electron chi connectivity index (χ4n) is 1.17. The van der Waals surface area contributed by atoms with Crippen molar-refractivity contribution in [2.24, 2.45) is 5.14 Å². The van der Waals surface area contributed by atoms with Crippen molar-refractivity contribution in [2.75, 3.05) is 6.61 Å². The highest BCUT2D eigenvalue weighted by molar-refractivity contribution is 7.89. The Balaban J connectivity index is 2.97. The first-order valence-electron chi connectivity index (χ1n) is 5.01. The molecule has 1 rings (SSSR count). The minimum atomic E-state index is -3.94. The summed E-state index contributed by atoms with van der Waals surface area (Å²) >= 11 is 0. The summed E-state index contributed by atoms with van der Waals surface area (Å²) in [6, 6.07) is 3.16. The van der Waals surface area contributed by atoms with Crippen LogP contribution in [-0.2, 0) is 19.6 Å². The number of primary sulfonamides is 1. The highest BCUT2D eigenvalue weighted by Gasteiger charge is 2.10. The lowest BCUT2D eigenvalue weighted by Gasteiger charge is -2.01. The highest BCUT2D eigenvalue weighted by Crippen LogP contribution is 2.15. The second-order valence-corrected chi connectivity index (χ2v) is 4.88. The van der Waals surface area contributed by atoms with Gasteiger partial charge in [0, 0.05) is 11.6 Å². The third-order valence-electron chi connectivity index (χ3n) is 1.99. The van der Waals surface area contributed by atoms with Gasteiger partial charge in [0.15, 0.2) is 0 Å². The van der Waals surface area contributed by atoms with Gasteiger partial charge in [0.05, 0.1) is 11.5 Å². The van der Waals surface area contributed by atoms with Gasteiger partial charge in [0.2, 0.25) is 10.0 Å². The molecule has 98 valence electrons. The quantitative estimate of drug-likeness (QED) is 0.656. The van der Waals surface area contributed by atoms with E-state index in [0.29, 0.717) is 0 Å². The van der Waals surface area contributed by atoms with E-state index in [9.17, 15) is 17.6 Å². The Labute approximate surface area is 104 Å². The van der Waals surface area contributed by atoms with Crippen LogP contribution in [0.25, 0.3) is 6.08 Å². The van der Waals surface area contributed by atoms with E-state index >= 15 is 0 Å². The van der Waals surface area contributed by atoms with E-state index < -0.39 is 21.8 Å². The highest BCUT2D eigenvalue weighted by atomic mass is 32.2. The lowest BCUT2D eigenvalue weighted by molar-refractivity contribution is -0.137. The van der Waals surface area contributed by atoms with E-state index in [2.05, 4.69) is 4.74 Å². The number of rotatable bonds is 4. The fraction of sp³-hybridized carbons (Fsp3) is 0.182. The smallest absolute Gasteiger partial charge is 0.330 e. The number of sulfonamides is 1. The Morgan fingerprint density at radius 3 is 2.67 bits per heavy atom. The van der Waals surface area contributed by atoms with Crippen molar-refractivity contribution in [3.8, 4) is 0 Å². The average Bonchev–Trinajstić information content (AvgIpc) is 2.26. The van der Waals surface area contributed by atoms with Crippen molar-refractivity contribution in [3.63, 3.8) is 0 Å². The number of carbonyl (C=O) groups is 1. The Morgan fingerprint density at radius 2 is 2.17 bits per heavy atom. The first-order valence-corrected chi connectivity index (χ1v) is 6.56. The largest absolute Gasteiger partial charge is 0.463 e. The molecular weight excluding hydrogens is 261 g/mol. The molecule has 0 atom stereocenters.